The van der Waals surface area contributed by atoms with Crippen molar-refractivity contribution in [2.24, 2.45) is 39.9 Å². The predicted molar refractivity (Wildman–Crippen MR) is 215 cm³/mol. The van der Waals surface area contributed by atoms with Gasteiger partial charge in [-0.25, -0.2) is 10.2 Å². The second-order valence-electron chi connectivity index (χ2n) is 19.3. The van der Waals surface area contributed by atoms with Gasteiger partial charge in [0.25, 0.3) is 0 Å². The van der Waals surface area contributed by atoms with E-state index in [1.54, 1.807) is 0 Å². The van der Waals surface area contributed by atoms with Crippen LogP contribution in [0.4, 0.5) is 0 Å². The van der Waals surface area contributed by atoms with Crippen LogP contribution in [0.15, 0.2) is 42.0 Å². The molecule has 0 unspecified atom stereocenters. The molecule has 1 aromatic carbocycles. The van der Waals surface area contributed by atoms with Crippen molar-refractivity contribution in [1.82, 2.24) is 10.9 Å². The van der Waals surface area contributed by atoms with Gasteiger partial charge in [-0.15, -0.1) is 5.92 Å². The van der Waals surface area contributed by atoms with E-state index in [9.17, 15) is 24.9 Å². The molecule has 3 saturated carbocycles. The van der Waals surface area contributed by atoms with Crippen LogP contribution in [-0.2, 0) is 25.5 Å². The Kier molecular flexibility index (Phi) is 12.2. The van der Waals surface area contributed by atoms with Gasteiger partial charge in [-0.2, -0.15) is 0 Å². The number of cyclic esters (lactones) is 1. The first-order valence-electron chi connectivity index (χ1n) is 22.0. The average Bonchev–Trinajstić information content (AvgIpc) is 3.79. The molecule has 9 nitrogen and oxygen atoms in total. The minimum absolute atomic E-state index is 0.102. The maximum Gasteiger partial charge on any atom is 0.331 e. The molecule has 5 N–H and O–H groups in total. The number of aliphatic hydroxyl groups excluding tert-OH is 2. The van der Waals surface area contributed by atoms with E-state index in [1.165, 1.54) is 30.9 Å². The number of nitrogens with one attached hydrogen (secondary N) is 2. The molecule has 7 rings (SSSR count). The first-order chi connectivity index (χ1) is 26.8. The molecule has 56 heavy (non-hydrogen) atoms. The number of carbonyl (C=O) groups excluding carboxylic acids is 2. The number of hydrazine groups is 1. The molecular formula is C47H68N2O7. The third kappa shape index (κ3) is 7.29. The lowest BCUT2D eigenvalue weighted by Crippen LogP contribution is -2.84. The summed E-state index contributed by atoms with van der Waals surface area (Å²) in [5.74, 6) is 6.32. The zero-order valence-electron chi connectivity index (χ0n) is 34.4. The molecule has 0 amide bonds. The van der Waals surface area contributed by atoms with Gasteiger partial charge in [0, 0.05) is 30.9 Å². The van der Waals surface area contributed by atoms with Crippen molar-refractivity contribution in [3.05, 3.63) is 47.5 Å². The molecule has 1 saturated heterocycles. The highest BCUT2D eigenvalue weighted by atomic mass is 16.6. The lowest BCUT2D eigenvalue weighted by atomic mass is 9.34. The van der Waals surface area contributed by atoms with Crippen molar-refractivity contribution in [2.45, 2.75) is 173 Å². The molecule has 308 valence electrons. The average molecular weight is 773 g/mol. The van der Waals surface area contributed by atoms with Gasteiger partial charge in [0.1, 0.15) is 6.61 Å². The lowest BCUT2D eigenvalue weighted by molar-refractivity contribution is -0.362. The molecule has 4 fully saturated rings. The molecule has 6 aliphatic rings. The van der Waals surface area contributed by atoms with Crippen LogP contribution in [0.2, 0.25) is 0 Å². The number of carbonyl (C=O) groups is 2. The maximum absolute atomic E-state index is 14.1. The highest BCUT2D eigenvalue weighted by Gasteiger charge is 2.82. The fourth-order valence-electron chi connectivity index (χ4n) is 13.1. The van der Waals surface area contributed by atoms with E-state index in [4.69, 9.17) is 9.47 Å². The van der Waals surface area contributed by atoms with Crippen molar-refractivity contribution in [2.75, 3.05) is 6.61 Å². The third-order valence-electron chi connectivity index (χ3n) is 15.7. The Morgan fingerprint density at radius 2 is 1.84 bits per heavy atom. The Hall–Kier alpha value is -2.74. The van der Waals surface area contributed by atoms with Gasteiger partial charge in [-0.1, -0.05) is 89.1 Å². The highest BCUT2D eigenvalue weighted by molar-refractivity contribution is 5.85. The van der Waals surface area contributed by atoms with Gasteiger partial charge < -0.3 is 24.8 Å². The van der Waals surface area contributed by atoms with Crippen LogP contribution in [0.1, 0.15) is 142 Å². The monoisotopic (exact) mass is 773 g/mol. The van der Waals surface area contributed by atoms with Crippen LogP contribution < -0.4 is 10.9 Å². The van der Waals surface area contributed by atoms with Gasteiger partial charge >= 0.3 is 11.9 Å². The number of aliphatic hydroxyl groups is 3. The van der Waals surface area contributed by atoms with Crippen molar-refractivity contribution in [1.29, 1.82) is 0 Å². The fraction of sp³-hybridized carbons (Fsp3) is 0.745. The lowest BCUT2D eigenvalue weighted by Gasteiger charge is -2.73. The van der Waals surface area contributed by atoms with E-state index in [1.807, 2.05) is 13.0 Å². The Balaban J connectivity index is 1.32. The maximum atomic E-state index is 14.1. The van der Waals surface area contributed by atoms with Crippen molar-refractivity contribution < 1.29 is 34.4 Å². The number of esters is 2. The number of hydrogen-bond donors (Lipinski definition) is 5. The summed E-state index contributed by atoms with van der Waals surface area (Å²) >= 11 is 0. The van der Waals surface area contributed by atoms with Crippen LogP contribution in [0.5, 0.6) is 0 Å². The minimum Gasteiger partial charge on any atom is -0.458 e. The second-order valence-corrected chi connectivity index (χ2v) is 19.3. The fourth-order valence-corrected chi connectivity index (χ4v) is 13.1. The topological polar surface area (TPSA) is 137 Å². The zero-order valence-corrected chi connectivity index (χ0v) is 34.4. The molecule has 1 aromatic rings. The van der Waals surface area contributed by atoms with Crippen LogP contribution in [0.25, 0.3) is 0 Å². The van der Waals surface area contributed by atoms with E-state index in [2.05, 4.69) is 67.7 Å². The number of hydrogen-bond acceptors (Lipinski definition) is 9. The van der Waals surface area contributed by atoms with E-state index in [0.29, 0.717) is 43.9 Å². The van der Waals surface area contributed by atoms with Crippen LogP contribution in [-0.4, -0.2) is 63.4 Å². The summed E-state index contributed by atoms with van der Waals surface area (Å²) in [4.78, 5) is 26.1. The largest absolute Gasteiger partial charge is 0.458 e. The first kappa shape index (κ1) is 41.4. The van der Waals surface area contributed by atoms with Gasteiger partial charge in [0.05, 0.1) is 35.1 Å². The number of benzene rings is 1. The number of rotatable bonds is 15. The summed E-state index contributed by atoms with van der Waals surface area (Å²) in [6.45, 7) is 8.88. The zero-order chi connectivity index (χ0) is 39.8. The van der Waals surface area contributed by atoms with E-state index >= 15 is 0 Å². The smallest absolute Gasteiger partial charge is 0.331 e. The van der Waals surface area contributed by atoms with Gasteiger partial charge in [-0.05, 0) is 105 Å². The quantitative estimate of drug-likeness (QED) is 0.0720. The van der Waals surface area contributed by atoms with Gasteiger partial charge in [-0.3, -0.25) is 10.2 Å². The molecule has 1 spiro atoms. The summed E-state index contributed by atoms with van der Waals surface area (Å²) < 4.78 is 12.1. The number of aryl methyl sites for hydroxylation is 1. The molecule has 9 heteroatoms. The van der Waals surface area contributed by atoms with E-state index in [0.717, 1.165) is 44.1 Å². The number of ether oxygens (including phenoxy) is 2. The highest BCUT2D eigenvalue weighted by Crippen LogP contribution is 2.74. The molecular weight excluding hydrogens is 705 g/mol. The van der Waals surface area contributed by atoms with Crippen molar-refractivity contribution >= 4 is 11.9 Å². The third-order valence-corrected chi connectivity index (χ3v) is 15.7. The van der Waals surface area contributed by atoms with Gasteiger partial charge in [0.2, 0.25) is 0 Å². The Bertz CT molecular complexity index is 1670. The molecule has 2 bridgehead atoms. The van der Waals surface area contributed by atoms with Crippen LogP contribution in [0.3, 0.4) is 0 Å². The summed E-state index contributed by atoms with van der Waals surface area (Å²) in [6, 6.07) is 10.6. The second kappa shape index (κ2) is 16.5. The SMILES string of the molecule is CCCCC[C@H]1C[C@H]2NN[C@]34C[C@](C)(C#CCCC(=O)O3)[C@](O)(CCC3=CC(=O)OC3)[C@@]3([C@H](O)CC[C@H](C)CCCc5ccccc5)[C@@H](O)CC[C@@](C)([C@H]2C1)[C@@H]34. The van der Waals surface area contributed by atoms with E-state index in [-0.39, 0.29) is 50.2 Å². The standard InChI is InChI=1S/C47H68N2O7/c1-5-6-8-17-34-27-36-37(28-34)48-49-45-31-43(3,24-12-11-19-40(52)56-45)46(54,26-22-35-29-41(53)55-30-35)47(39(51)23-25-44(36,4)42(45)47)38(50)21-20-32(2)14-13-18-33-15-9-7-10-16-33/h7,9-10,15-16,29,32,34,36-39,42,48-51,54H,5-6,8,11,13-14,17-23,25-28,30-31H2,1-4H3/t32-,34-,36+,37-,38-,39+,42-,43+,44+,45-,46-,47+/m1/s1. The molecule has 3 heterocycles. The molecule has 3 aliphatic heterocycles. The predicted octanol–water partition coefficient (Wildman–Crippen LogP) is 7.07. The molecule has 0 aromatic heterocycles. The minimum atomic E-state index is -1.73. The van der Waals surface area contributed by atoms with Crippen molar-refractivity contribution in [3.63, 3.8) is 0 Å². The van der Waals surface area contributed by atoms with Crippen LogP contribution >= 0.6 is 0 Å². The van der Waals surface area contributed by atoms with Gasteiger partial charge in [0.15, 0.2) is 5.72 Å². The molecule has 12 atom stereocenters. The summed E-state index contributed by atoms with van der Waals surface area (Å²) in [6.07, 6.45) is 12.3. The molecule has 0 radical (unpaired) electrons. The number of unbranched alkanes of at least 4 members (excludes halogenated alkanes) is 2. The van der Waals surface area contributed by atoms with Crippen LogP contribution in [0, 0.1) is 51.8 Å². The van der Waals surface area contributed by atoms with Crippen molar-refractivity contribution in [3.8, 4) is 11.8 Å². The van der Waals surface area contributed by atoms with E-state index < -0.39 is 51.7 Å². The first-order valence-corrected chi connectivity index (χ1v) is 22.0. The Morgan fingerprint density at radius 3 is 2.59 bits per heavy atom. The Labute approximate surface area is 335 Å². The Morgan fingerprint density at radius 1 is 1.04 bits per heavy atom. The number of fused-ring (bicyclic) bond motifs is 3. The molecule has 3 aliphatic carbocycles. The summed E-state index contributed by atoms with van der Waals surface area (Å²) in [7, 11) is 0. The summed E-state index contributed by atoms with van der Waals surface area (Å²) in [5, 5.41) is 40.3. The normalized spacial score (nSPS) is 39.9. The summed E-state index contributed by atoms with van der Waals surface area (Å²) in [5.41, 5.74) is 3.14.